The molecule has 1 nitrogen and oxygen atoms in total. The molecule has 0 radical (unpaired) electrons. The van der Waals surface area contributed by atoms with Gasteiger partial charge >= 0.3 is 0 Å². The van der Waals surface area contributed by atoms with Crippen molar-refractivity contribution in [2.24, 2.45) is 17.8 Å². The van der Waals surface area contributed by atoms with Gasteiger partial charge in [0.2, 0.25) is 0 Å². The molecule has 1 aliphatic rings. The molecule has 0 saturated heterocycles. The summed E-state index contributed by atoms with van der Waals surface area (Å²) in [6.45, 7) is 6.73. The summed E-state index contributed by atoms with van der Waals surface area (Å²) >= 11 is 0. The second-order valence-corrected chi connectivity index (χ2v) is 6.44. The molecule has 3 unspecified atom stereocenters. The van der Waals surface area contributed by atoms with Gasteiger partial charge in [-0.25, -0.2) is 4.39 Å². The Hall–Kier alpha value is -0.890. The summed E-state index contributed by atoms with van der Waals surface area (Å²) in [5.41, 5.74) is 0.895. The van der Waals surface area contributed by atoms with E-state index in [0.29, 0.717) is 11.8 Å². The van der Waals surface area contributed by atoms with Gasteiger partial charge in [-0.05, 0) is 68.2 Å². The van der Waals surface area contributed by atoms with Crippen molar-refractivity contribution in [3.8, 4) is 0 Å². The first-order chi connectivity index (χ1) is 9.70. The van der Waals surface area contributed by atoms with Gasteiger partial charge < -0.3 is 5.32 Å². The quantitative estimate of drug-likeness (QED) is 0.759. The Kier molecular flexibility index (Phi) is 6.03. The first-order valence-electron chi connectivity index (χ1n) is 8.14. The van der Waals surface area contributed by atoms with Crippen molar-refractivity contribution >= 4 is 0 Å². The second-order valence-electron chi connectivity index (χ2n) is 6.44. The summed E-state index contributed by atoms with van der Waals surface area (Å²) in [6, 6.07) is 7.27. The van der Waals surface area contributed by atoms with E-state index in [4.69, 9.17) is 0 Å². The Balaban J connectivity index is 1.98. The van der Waals surface area contributed by atoms with Gasteiger partial charge in [0.05, 0.1) is 0 Å². The van der Waals surface area contributed by atoms with Crippen LogP contribution >= 0.6 is 0 Å². The highest BCUT2D eigenvalue weighted by Crippen LogP contribution is 2.35. The molecule has 1 N–H and O–H groups in total. The van der Waals surface area contributed by atoms with Crippen LogP contribution in [0.2, 0.25) is 0 Å². The first kappa shape index (κ1) is 15.5. The third-order valence-electron chi connectivity index (χ3n) is 4.68. The number of halogens is 1. The van der Waals surface area contributed by atoms with Crippen molar-refractivity contribution in [1.82, 2.24) is 5.32 Å². The van der Waals surface area contributed by atoms with Crippen molar-refractivity contribution in [2.75, 3.05) is 13.1 Å². The highest BCUT2D eigenvalue weighted by atomic mass is 19.1. The molecule has 1 aliphatic carbocycles. The summed E-state index contributed by atoms with van der Waals surface area (Å²) < 4.78 is 13.9. The third kappa shape index (κ3) is 4.31. The largest absolute Gasteiger partial charge is 0.316 e. The van der Waals surface area contributed by atoms with Crippen LogP contribution in [0, 0.1) is 23.6 Å². The van der Waals surface area contributed by atoms with Crippen LogP contribution < -0.4 is 5.32 Å². The molecular weight excluding hydrogens is 249 g/mol. The van der Waals surface area contributed by atoms with Crippen molar-refractivity contribution in [2.45, 2.75) is 46.0 Å². The minimum absolute atomic E-state index is 0.0361. The lowest BCUT2D eigenvalue weighted by Crippen LogP contribution is -2.34. The molecule has 112 valence electrons. The molecule has 2 rings (SSSR count). The van der Waals surface area contributed by atoms with Gasteiger partial charge in [0, 0.05) is 0 Å². The molecule has 20 heavy (non-hydrogen) atoms. The number of benzene rings is 1. The van der Waals surface area contributed by atoms with Crippen LogP contribution in [0.3, 0.4) is 0 Å². The molecule has 0 aliphatic heterocycles. The molecule has 0 heterocycles. The summed E-state index contributed by atoms with van der Waals surface area (Å²) in [5.74, 6) is 2.08. The predicted molar refractivity (Wildman–Crippen MR) is 83.3 cm³/mol. The third-order valence-corrected chi connectivity index (χ3v) is 4.68. The van der Waals surface area contributed by atoms with Crippen LogP contribution in [0.1, 0.15) is 45.1 Å². The highest BCUT2D eigenvalue weighted by molar-refractivity contribution is 5.18. The Labute approximate surface area is 123 Å². The molecule has 1 fully saturated rings. The van der Waals surface area contributed by atoms with E-state index in [2.05, 4.69) is 19.2 Å². The van der Waals surface area contributed by atoms with E-state index in [1.165, 1.54) is 25.7 Å². The maximum absolute atomic E-state index is 13.9. The van der Waals surface area contributed by atoms with Crippen LogP contribution in [0.15, 0.2) is 24.3 Å². The van der Waals surface area contributed by atoms with Gasteiger partial charge in [-0.1, -0.05) is 38.5 Å². The molecule has 0 aromatic heterocycles. The van der Waals surface area contributed by atoms with Crippen molar-refractivity contribution in [1.29, 1.82) is 0 Å². The minimum Gasteiger partial charge on any atom is -0.316 e. The van der Waals surface area contributed by atoms with Gasteiger partial charge in [-0.15, -0.1) is 0 Å². The zero-order chi connectivity index (χ0) is 14.4. The number of hydrogen-bond donors (Lipinski definition) is 1. The van der Waals surface area contributed by atoms with Crippen molar-refractivity contribution in [3.05, 3.63) is 35.6 Å². The summed E-state index contributed by atoms with van der Waals surface area (Å²) in [7, 11) is 0. The van der Waals surface area contributed by atoms with Crippen LogP contribution in [-0.4, -0.2) is 13.1 Å². The van der Waals surface area contributed by atoms with Gasteiger partial charge in [-0.2, -0.15) is 0 Å². The summed E-state index contributed by atoms with van der Waals surface area (Å²) in [4.78, 5) is 0. The molecule has 0 amide bonds. The second kappa shape index (κ2) is 7.78. The standard InChI is InChI=1S/C18H28FN/c1-3-10-20-13-16-9-8-14(2)11-17(16)12-15-6-4-5-7-18(15)19/h4-7,14,16-17,20H,3,8-13H2,1-2H3. The maximum Gasteiger partial charge on any atom is 0.126 e. The SMILES string of the molecule is CCCNCC1CCC(C)CC1Cc1ccccc1F. The lowest BCUT2D eigenvalue weighted by Gasteiger charge is -2.35. The molecular formula is C18H28FN. The molecule has 1 aromatic rings. The van der Waals surface area contributed by atoms with E-state index < -0.39 is 0 Å². The molecule has 2 heteroatoms. The van der Waals surface area contributed by atoms with E-state index in [0.717, 1.165) is 31.0 Å². The zero-order valence-corrected chi connectivity index (χ0v) is 12.9. The summed E-state index contributed by atoms with van der Waals surface area (Å²) in [5, 5.41) is 3.56. The fraction of sp³-hybridized carbons (Fsp3) is 0.667. The van der Waals surface area contributed by atoms with E-state index in [1.54, 1.807) is 12.1 Å². The number of rotatable bonds is 6. The van der Waals surface area contributed by atoms with Gasteiger partial charge in [0.25, 0.3) is 0 Å². The lowest BCUT2D eigenvalue weighted by atomic mass is 9.72. The van der Waals surface area contributed by atoms with E-state index >= 15 is 0 Å². The smallest absolute Gasteiger partial charge is 0.126 e. The van der Waals surface area contributed by atoms with Gasteiger partial charge in [0.1, 0.15) is 5.82 Å². The predicted octanol–water partition coefficient (Wildman–Crippen LogP) is 4.42. The Bertz CT molecular complexity index is 404. The van der Waals surface area contributed by atoms with E-state index in [9.17, 15) is 4.39 Å². The van der Waals surface area contributed by atoms with Crippen LogP contribution in [0.25, 0.3) is 0 Å². The Morgan fingerprint density at radius 1 is 1.20 bits per heavy atom. The normalized spacial score (nSPS) is 26.6. The lowest BCUT2D eigenvalue weighted by molar-refractivity contribution is 0.183. The van der Waals surface area contributed by atoms with Gasteiger partial charge in [0.15, 0.2) is 0 Å². The fourth-order valence-electron chi connectivity index (χ4n) is 3.49. The molecule has 1 aromatic carbocycles. The van der Waals surface area contributed by atoms with Crippen LogP contribution in [-0.2, 0) is 6.42 Å². The number of hydrogen-bond acceptors (Lipinski definition) is 1. The Morgan fingerprint density at radius 3 is 2.75 bits per heavy atom. The van der Waals surface area contributed by atoms with E-state index in [1.807, 2.05) is 12.1 Å². The highest BCUT2D eigenvalue weighted by Gasteiger charge is 2.28. The average Bonchev–Trinajstić information content (AvgIpc) is 2.44. The van der Waals surface area contributed by atoms with Crippen LogP contribution in [0.4, 0.5) is 4.39 Å². The molecule has 0 bridgehead atoms. The van der Waals surface area contributed by atoms with Crippen molar-refractivity contribution in [3.63, 3.8) is 0 Å². The van der Waals surface area contributed by atoms with Crippen LogP contribution in [0.5, 0.6) is 0 Å². The molecule has 0 spiro atoms. The average molecular weight is 277 g/mol. The summed E-state index contributed by atoms with van der Waals surface area (Å²) in [6.07, 6.45) is 5.94. The van der Waals surface area contributed by atoms with Gasteiger partial charge in [-0.3, -0.25) is 0 Å². The topological polar surface area (TPSA) is 12.0 Å². The van der Waals surface area contributed by atoms with Crippen molar-refractivity contribution < 1.29 is 4.39 Å². The fourth-order valence-corrected chi connectivity index (χ4v) is 3.49. The zero-order valence-electron chi connectivity index (χ0n) is 12.9. The Morgan fingerprint density at radius 2 is 2.00 bits per heavy atom. The maximum atomic E-state index is 13.9. The van der Waals surface area contributed by atoms with E-state index in [-0.39, 0.29) is 5.82 Å². The molecule has 3 atom stereocenters. The first-order valence-corrected chi connectivity index (χ1v) is 8.14. The minimum atomic E-state index is -0.0361. The number of nitrogens with one attached hydrogen (secondary N) is 1. The monoisotopic (exact) mass is 277 g/mol. The molecule has 1 saturated carbocycles.